The lowest BCUT2D eigenvalue weighted by molar-refractivity contribution is 0.417. The molecule has 130 valence electrons. The van der Waals surface area contributed by atoms with Crippen LogP contribution < -0.4 is 10.3 Å². The van der Waals surface area contributed by atoms with Crippen LogP contribution in [0.5, 0.6) is 5.75 Å². The summed E-state index contributed by atoms with van der Waals surface area (Å²) >= 11 is 1.48. The summed E-state index contributed by atoms with van der Waals surface area (Å²) < 4.78 is 6.49. The molecule has 0 fully saturated rings. The van der Waals surface area contributed by atoms with Gasteiger partial charge in [-0.2, -0.15) is 0 Å². The fourth-order valence-electron chi connectivity index (χ4n) is 4.17. The highest BCUT2D eigenvalue weighted by atomic mass is 32.1. The Morgan fingerprint density at radius 1 is 1.04 bits per heavy atom. The van der Waals surface area contributed by atoms with Gasteiger partial charge in [0, 0.05) is 21.9 Å². The molecule has 0 radical (unpaired) electrons. The summed E-state index contributed by atoms with van der Waals surface area (Å²) in [5, 5.41) is 4.05. The molecule has 0 aliphatic heterocycles. The first-order chi connectivity index (χ1) is 12.8. The van der Waals surface area contributed by atoms with Gasteiger partial charge in [0.05, 0.1) is 7.11 Å². The molecule has 0 atom stereocenters. The molecule has 1 aliphatic rings. The van der Waals surface area contributed by atoms with Gasteiger partial charge in [-0.3, -0.25) is 4.79 Å². The summed E-state index contributed by atoms with van der Waals surface area (Å²) in [6, 6.07) is 12.7. The average Bonchev–Trinajstić information content (AvgIpc) is 3.17. The molecule has 2 aromatic heterocycles. The van der Waals surface area contributed by atoms with E-state index in [9.17, 15) is 4.79 Å². The van der Waals surface area contributed by atoms with Crippen LogP contribution >= 0.6 is 11.3 Å². The van der Waals surface area contributed by atoms with Crippen molar-refractivity contribution in [2.45, 2.75) is 25.7 Å². The molecular formula is C22H19NO2S. The molecule has 26 heavy (non-hydrogen) atoms. The molecular weight excluding hydrogens is 342 g/mol. The van der Waals surface area contributed by atoms with Crippen LogP contribution in [0.1, 0.15) is 24.0 Å². The predicted octanol–water partition coefficient (Wildman–Crippen LogP) is 5.30. The van der Waals surface area contributed by atoms with E-state index in [0.717, 1.165) is 44.3 Å². The Morgan fingerprint density at radius 2 is 1.88 bits per heavy atom. The maximum Gasteiger partial charge on any atom is 0.266 e. The monoisotopic (exact) mass is 361 g/mol. The van der Waals surface area contributed by atoms with E-state index in [0.29, 0.717) is 0 Å². The van der Waals surface area contributed by atoms with Crippen molar-refractivity contribution in [3.8, 4) is 16.9 Å². The van der Waals surface area contributed by atoms with E-state index in [1.807, 2.05) is 23.6 Å². The zero-order valence-corrected chi connectivity index (χ0v) is 15.4. The fourth-order valence-corrected chi connectivity index (χ4v) is 4.97. The highest BCUT2D eigenvalue weighted by molar-refractivity contribution is 7.17. The Balaban J connectivity index is 1.89. The Bertz CT molecular complexity index is 1200. The second kappa shape index (κ2) is 5.99. The molecule has 5 rings (SSSR count). The maximum atomic E-state index is 12.4. The van der Waals surface area contributed by atoms with E-state index in [1.165, 1.54) is 41.7 Å². The number of H-pyrrole nitrogens is 1. The summed E-state index contributed by atoms with van der Waals surface area (Å²) in [6.07, 6.45) is 4.84. The molecule has 0 unspecified atom stereocenters. The molecule has 0 bridgehead atoms. The van der Waals surface area contributed by atoms with E-state index in [1.54, 1.807) is 7.11 Å². The Morgan fingerprint density at radius 3 is 2.73 bits per heavy atom. The van der Waals surface area contributed by atoms with E-state index in [4.69, 9.17) is 4.74 Å². The molecule has 0 saturated heterocycles. The van der Waals surface area contributed by atoms with E-state index in [2.05, 4.69) is 23.2 Å². The number of aromatic nitrogens is 1. The van der Waals surface area contributed by atoms with Crippen molar-refractivity contribution in [2.24, 2.45) is 0 Å². The van der Waals surface area contributed by atoms with Gasteiger partial charge < -0.3 is 9.72 Å². The molecule has 1 N–H and O–H groups in total. The van der Waals surface area contributed by atoms with Crippen LogP contribution in [0.4, 0.5) is 0 Å². The summed E-state index contributed by atoms with van der Waals surface area (Å²) in [5.74, 6) is 0.841. The van der Waals surface area contributed by atoms with Crippen LogP contribution in [0, 0.1) is 0 Å². The van der Waals surface area contributed by atoms with E-state index < -0.39 is 0 Å². The minimum Gasteiger partial charge on any atom is -0.496 e. The smallest absolute Gasteiger partial charge is 0.266 e. The molecule has 4 heteroatoms. The molecule has 4 aromatic rings. The summed E-state index contributed by atoms with van der Waals surface area (Å²) in [7, 11) is 1.71. The third kappa shape index (κ3) is 2.29. The first kappa shape index (κ1) is 15.6. The van der Waals surface area contributed by atoms with Gasteiger partial charge in [-0.1, -0.05) is 18.2 Å². The van der Waals surface area contributed by atoms with Crippen LogP contribution in [-0.4, -0.2) is 12.1 Å². The van der Waals surface area contributed by atoms with Crippen LogP contribution in [0.3, 0.4) is 0 Å². The molecule has 0 amide bonds. The quantitative estimate of drug-likeness (QED) is 0.526. The van der Waals surface area contributed by atoms with Crippen molar-refractivity contribution >= 4 is 32.3 Å². The molecule has 0 spiro atoms. The number of pyridine rings is 1. The standard InChI is InChI=1S/C22H19NO2S/c1-25-18-9-8-17-20(16-10-11-26-21(16)22(24)23-17)19(18)15-7-6-13-4-2-3-5-14(13)12-15/h6-12H,2-5H2,1H3,(H,23,24). The van der Waals surface area contributed by atoms with Gasteiger partial charge in [0.15, 0.2) is 0 Å². The van der Waals surface area contributed by atoms with Gasteiger partial charge in [0.2, 0.25) is 0 Å². The number of benzene rings is 2. The van der Waals surface area contributed by atoms with Gasteiger partial charge >= 0.3 is 0 Å². The lowest BCUT2D eigenvalue weighted by Crippen LogP contribution is -2.05. The normalized spacial score (nSPS) is 13.9. The predicted molar refractivity (Wildman–Crippen MR) is 109 cm³/mol. The second-order valence-corrected chi connectivity index (χ2v) is 7.79. The molecule has 1 aliphatic carbocycles. The van der Waals surface area contributed by atoms with Gasteiger partial charge in [0.1, 0.15) is 10.4 Å². The maximum absolute atomic E-state index is 12.4. The number of ether oxygens (including phenoxy) is 1. The number of fused-ring (bicyclic) bond motifs is 4. The summed E-state index contributed by atoms with van der Waals surface area (Å²) in [4.78, 5) is 15.4. The second-order valence-electron chi connectivity index (χ2n) is 6.87. The Hall–Kier alpha value is -2.59. The van der Waals surface area contributed by atoms with Gasteiger partial charge in [-0.15, -0.1) is 11.3 Å². The van der Waals surface area contributed by atoms with Crippen molar-refractivity contribution in [2.75, 3.05) is 7.11 Å². The van der Waals surface area contributed by atoms with Crippen molar-refractivity contribution in [1.29, 1.82) is 0 Å². The molecule has 0 saturated carbocycles. The highest BCUT2D eigenvalue weighted by Gasteiger charge is 2.18. The number of hydrogen-bond donors (Lipinski definition) is 1. The third-order valence-electron chi connectivity index (χ3n) is 5.41. The SMILES string of the molecule is COc1ccc2[nH]c(=O)c3sccc3c2c1-c1ccc2c(c1)CCCC2. The highest BCUT2D eigenvalue weighted by Crippen LogP contribution is 2.41. The Labute approximate surface area is 155 Å². The number of thiophene rings is 1. The average molecular weight is 361 g/mol. The number of aromatic amines is 1. The first-order valence-electron chi connectivity index (χ1n) is 8.98. The van der Waals surface area contributed by atoms with Gasteiger partial charge in [0.25, 0.3) is 5.56 Å². The topological polar surface area (TPSA) is 42.1 Å². The number of nitrogens with one attached hydrogen (secondary N) is 1. The van der Waals surface area contributed by atoms with Crippen LogP contribution in [0.15, 0.2) is 46.6 Å². The molecule has 2 aromatic carbocycles. The number of methoxy groups -OCH3 is 1. The van der Waals surface area contributed by atoms with Crippen molar-refractivity contribution < 1.29 is 4.74 Å². The van der Waals surface area contributed by atoms with Crippen molar-refractivity contribution in [3.05, 3.63) is 63.3 Å². The lowest BCUT2D eigenvalue weighted by atomic mass is 9.88. The van der Waals surface area contributed by atoms with Gasteiger partial charge in [-0.05, 0) is 66.0 Å². The third-order valence-corrected chi connectivity index (χ3v) is 6.33. The molecule has 2 heterocycles. The fraction of sp³-hybridized carbons (Fsp3) is 0.227. The number of rotatable bonds is 2. The zero-order chi connectivity index (χ0) is 17.7. The molecule has 3 nitrogen and oxygen atoms in total. The summed E-state index contributed by atoms with van der Waals surface area (Å²) in [6.45, 7) is 0. The van der Waals surface area contributed by atoms with Gasteiger partial charge in [-0.25, -0.2) is 0 Å². The van der Waals surface area contributed by atoms with Crippen molar-refractivity contribution in [1.82, 2.24) is 4.98 Å². The van der Waals surface area contributed by atoms with Crippen LogP contribution in [0.25, 0.3) is 32.1 Å². The number of hydrogen-bond acceptors (Lipinski definition) is 3. The Kier molecular flexibility index (Phi) is 3.61. The van der Waals surface area contributed by atoms with Crippen LogP contribution in [-0.2, 0) is 12.8 Å². The number of aryl methyl sites for hydroxylation is 2. The largest absolute Gasteiger partial charge is 0.496 e. The minimum atomic E-state index is -0.0240. The van der Waals surface area contributed by atoms with E-state index in [-0.39, 0.29) is 5.56 Å². The van der Waals surface area contributed by atoms with E-state index >= 15 is 0 Å². The van der Waals surface area contributed by atoms with Crippen LogP contribution in [0.2, 0.25) is 0 Å². The first-order valence-corrected chi connectivity index (χ1v) is 9.86. The lowest BCUT2D eigenvalue weighted by Gasteiger charge is -2.19. The summed E-state index contributed by atoms with van der Waals surface area (Å²) in [5.41, 5.74) is 5.97. The van der Waals surface area contributed by atoms with Crippen molar-refractivity contribution in [3.63, 3.8) is 0 Å². The minimum absolute atomic E-state index is 0.0240. The zero-order valence-electron chi connectivity index (χ0n) is 14.6.